The smallest absolute Gasteiger partial charge is 0.123 e. The van der Waals surface area contributed by atoms with Gasteiger partial charge < -0.3 is 4.74 Å². The van der Waals surface area contributed by atoms with Crippen LogP contribution in [-0.2, 0) is 11.3 Å². The first-order valence-electron chi connectivity index (χ1n) is 8.46. The van der Waals surface area contributed by atoms with Crippen LogP contribution in [0.4, 0.5) is 4.39 Å². The molecule has 4 nitrogen and oxygen atoms in total. The highest BCUT2D eigenvalue weighted by Crippen LogP contribution is 2.23. The molecule has 25 heavy (non-hydrogen) atoms. The molecule has 1 aromatic heterocycles. The molecule has 1 aliphatic rings. The van der Waals surface area contributed by atoms with Crippen LogP contribution in [0.25, 0.3) is 5.69 Å². The molecule has 4 rings (SSSR count). The van der Waals surface area contributed by atoms with Crippen molar-refractivity contribution in [3.05, 3.63) is 83.9 Å². The van der Waals surface area contributed by atoms with E-state index in [4.69, 9.17) is 4.74 Å². The SMILES string of the molecule is Fc1ccc(C2CN(Cc3cnn(-c4ccccc4)c3)CCO2)cc1. The predicted molar refractivity (Wildman–Crippen MR) is 93.9 cm³/mol. The van der Waals surface area contributed by atoms with Gasteiger partial charge in [0, 0.05) is 31.4 Å². The molecule has 3 aromatic rings. The highest BCUT2D eigenvalue weighted by Gasteiger charge is 2.22. The minimum atomic E-state index is -0.218. The minimum absolute atomic E-state index is 0.0153. The monoisotopic (exact) mass is 337 g/mol. The van der Waals surface area contributed by atoms with Gasteiger partial charge in [-0.3, -0.25) is 4.90 Å². The van der Waals surface area contributed by atoms with Crippen molar-refractivity contribution in [1.29, 1.82) is 0 Å². The maximum absolute atomic E-state index is 13.1. The normalized spacial score (nSPS) is 18.4. The maximum Gasteiger partial charge on any atom is 0.123 e. The molecular formula is C20H20FN3O. The topological polar surface area (TPSA) is 30.3 Å². The summed E-state index contributed by atoms with van der Waals surface area (Å²) in [6.45, 7) is 3.18. The number of rotatable bonds is 4. The third kappa shape index (κ3) is 3.78. The van der Waals surface area contributed by atoms with E-state index in [0.29, 0.717) is 6.61 Å². The molecule has 0 N–H and O–H groups in total. The molecule has 1 saturated heterocycles. The highest BCUT2D eigenvalue weighted by molar-refractivity contribution is 5.31. The van der Waals surface area contributed by atoms with E-state index in [-0.39, 0.29) is 11.9 Å². The van der Waals surface area contributed by atoms with Crippen LogP contribution in [-0.4, -0.2) is 34.4 Å². The zero-order chi connectivity index (χ0) is 17.1. The molecule has 1 aliphatic heterocycles. The van der Waals surface area contributed by atoms with Gasteiger partial charge >= 0.3 is 0 Å². The Morgan fingerprint density at radius 3 is 2.68 bits per heavy atom. The fourth-order valence-corrected chi connectivity index (χ4v) is 3.15. The predicted octanol–water partition coefficient (Wildman–Crippen LogP) is 3.58. The van der Waals surface area contributed by atoms with Gasteiger partial charge in [0.25, 0.3) is 0 Å². The second-order valence-corrected chi connectivity index (χ2v) is 6.27. The lowest BCUT2D eigenvalue weighted by atomic mass is 10.1. The van der Waals surface area contributed by atoms with Crippen LogP contribution in [0.3, 0.4) is 0 Å². The van der Waals surface area contributed by atoms with Crippen LogP contribution in [0.15, 0.2) is 67.0 Å². The van der Waals surface area contributed by atoms with Gasteiger partial charge in [-0.1, -0.05) is 30.3 Å². The summed E-state index contributed by atoms with van der Waals surface area (Å²) in [4.78, 5) is 2.35. The number of nitrogens with zero attached hydrogens (tertiary/aromatic N) is 3. The van der Waals surface area contributed by atoms with Crippen molar-refractivity contribution in [2.45, 2.75) is 12.6 Å². The molecule has 0 amide bonds. The molecule has 5 heteroatoms. The van der Waals surface area contributed by atoms with Crippen molar-refractivity contribution in [2.75, 3.05) is 19.7 Å². The molecule has 0 spiro atoms. The number of hydrogen-bond acceptors (Lipinski definition) is 3. The standard InChI is InChI=1S/C20H20FN3O/c21-18-8-6-17(7-9-18)20-15-23(10-11-25-20)13-16-12-22-24(14-16)19-4-2-1-3-5-19/h1-9,12,14,20H,10-11,13,15H2. The van der Waals surface area contributed by atoms with Gasteiger partial charge in [-0.05, 0) is 29.8 Å². The maximum atomic E-state index is 13.1. The summed E-state index contributed by atoms with van der Waals surface area (Å²) < 4.78 is 20.9. The molecule has 1 unspecified atom stereocenters. The first-order valence-corrected chi connectivity index (χ1v) is 8.46. The summed E-state index contributed by atoms with van der Waals surface area (Å²) in [6, 6.07) is 16.7. The van der Waals surface area contributed by atoms with Gasteiger partial charge in [-0.25, -0.2) is 9.07 Å². The summed E-state index contributed by atoms with van der Waals surface area (Å²) >= 11 is 0. The van der Waals surface area contributed by atoms with Crippen molar-refractivity contribution < 1.29 is 9.13 Å². The molecule has 1 atom stereocenters. The van der Waals surface area contributed by atoms with Gasteiger partial charge in [-0.15, -0.1) is 0 Å². The molecule has 0 aliphatic carbocycles. The molecule has 0 radical (unpaired) electrons. The average Bonchev–Trinajstić information content (AvgIpc) is 3.12. The molecule has 2 aromatic carbocycles. The Balaban J connectivity index is 1.42. The van der Waals surface area contributed by atoms with Crippen LogP contribution in [0.2, 0.25) is 0 Å². The van der Waals surface area contributed by atoms with E-state index in [9.17, 15) is 4.39 Å². The quantitative estimate of drug-likeness (QED) is 0.729. The Labute approximate surface area is 146 Å². The first kappa shape index (κ1) is 16.0. The Morgan fingerprint density at radius 2 is 1.88 bits per heavy atom. The van der Waals surface area contributed by atoms with E-state index < -0.39 is 0 Å². The van der Waals surface area contributed by atoms with Gasteiger partial charge in [0.05, 0.1) is 24.6 Å². The van der Waals surface area contributed by atoms with E-state index >= 15 is 0 Å². The van der Waals surface area contributed by atoms with Gasteiger partial charge in [0.2, 0.25) is 0 Å². The lowest BCUT2D eigenvalue weighted by Crippen LogP contribution is -2.37. The number of ether oxygens (including phenoxy) is 1. The van der Waals surface area contributed by atoms with Crippen LogP contribution in [0, 0.1) is 5.82 Å². The Kier molecular flexibility index (Phi) is 4.59. The summed E-state index contributed by atoms with van der Waals surface area (Å²) in [5, 5.41) is 4.46. The molecular weight excluding hydrogens is 317 g/mol. The van der Waals surface area contributed by atoms with Crippen LogP contribution < -0.4 is 0 Å². The second kappa shape index (κ2) is 7.17. The lowest BCUT2D eigenvalue weighted by Gasteiger charge is -2.32. The van der Waals surface area contributed by atoms with Gasteiger partial charge in [0.15, 0.2) is 0 Å². The van der Waals surface area contributed by atoms with Gasteiger partial charge in [0.1, 0.15) is 5.82 Å². The van der Waals surface area contributed by atoms with Crippen LogP contribution >= 0.6 is 0 Å². The van der Waals surface area contributed by atoms with E-state index in [1.165, 1.54) is 17.7 Å². The Bertz CT molecular complexity index is 816. The third-order valence-corrected chi connectivity index (χ3v) is 4.46. The number of halogens is 1. The summed E-state index contributed by atoms with van der Waals surface area (Å²) in [5.74, 6) is -0.218. The second-order valence-electron chi connectivity index (χ2n) is 6.27. The van der Waals surface area contributed by atoms with Crippen molar-refractivity contribution in [3.63, 3.8) is 0 Å². The van der Waals surface area contributed by atoms with E-state index in [1.54, 1.807) is 12.1 Å². The van der Waals surface area contributed by atoms with Crippen molar-refractivity contribution in [1.82, 2.24) is 14.7 Å². The zero-order valence-electron chi connectivity index (χ0n) is 13.9. The van der Waals surface area contributed by atoms with Crippen LogP contribution in [0.1, 0.15) is 17.2 Å². The summed E-state index contributed by atoms with van der Waals surface area (Å²) in [5.41, 5.74) is 3.25. The molecule has 0 bridgehead atoms. The number of aromatic nitrogens is 2. The molecule has 128 valence electrons. The van der Waals surface area contributed by atoms with Gasteiger partial charge in [-0.2, -0.15) is 5.10 Å². The fourth-order valence-electron chi connectivity index (χ4n) is 3.15. The number of para-hydroxylation sites is 1. The van der Waals surface area contributed by atoms with E-state index in [1.807, 2.05) is 41.2 Å². The summed E-state index contributed by atoms with van der Waals surface area (Å²) in [7, 11) is 0. The average molecular weight is 337 g/mol. The largest absolute Gasteiger partial charge is 0.371 e. The zero-order valence-corrected chi connectivity index (χ0v) is 13.9. The fraction of sp³-hybridized carbons (Fsp3) is 0.250. The number of hydrogen-bond donors (Lipinski definition) is 0. The van der Waals surface area contributed by atoms with E-state index in [2.05, 4.69) is 16.2 Å². The molecule has 0 saturated carbocycles. The summed E-state index contributed by atoms with van der Waals surface area (Å²) in [6.07, 6.45) is 3.96. The third-order valence-electron chi connectivity index (χ3n) is 4.46. The van der Waals surface area contributed by atoms with Crippen molar-refractivity contribution in [3.8, 4) is 5.69 Å². The number of benzene rings is 2. The molecule has 1 fully saturated rings. The highest BCUT2D eigenvalue weighted by atomic mass is 19.1. The Hall–Kier alpha value is -2.50. The van der Waals surface area contributed by atoms with Crippen LogP contribution in [0.5, 0.6) is 0 Å². The molecule has 2 heterocycles. The van der Waals surface area contributed by atoms with E-state index in [0.717, 1.165) is 30.9 Å². The lowest BCUT2D eigenvalue weighted by molar-refractivity contribution is -0.0329. The van der Waals surface area contributed by atoms with Crippen molar-refractivity contribution in [2.24, 2.45) is 0 Å². The number of morpholine rings is 1. The van der Waals surface area contributed by atoms with Crippen molar-refractivity contribution >= 4 is 0 Å². The minimum Gasteiger partial charge on any atom is -0.371 e. The Morgan fingerprint density at radius 1 is 1.08 bits per heavy atom. The first-order chi connectivity index (χ1) is 12.3.